The number of pyridine rings is 1. The van der Waals surface area contributed by atoms with Crippen molar-refractivity contribution < 1.29 is 9.66 Å². The second kappa shape index (κ2) is 4.40. The normalized spacial score (nSPS) is 9.57. The minimum atomic E-state index is -0.482. The second-order valence-corrected chi connectivity index (χ2v) is 2.53. The number of nitro groups is 1. The molecule has 0 fully saturated rings. The third-order valence-electron chi connectivity index (χ3n) is 1.63. The topological polar surface area (TPSA) is 77.3 Å². The van der Waals surface area contributed by atoms with Gasteiger partial charge < -0.3 is 10.1 Å². The van der Waals surface area contributed by atoms with Crippen LogP contribution in [0.2, 0.25) is 0 Å². The number of rotatable bonds is 4. The monoisotopic (exact) mass is 197 g/mol. The molecular formula is C8H11N3O3. The second-order valence-electron chi connectivity index (χ2n) is 2.53. The highest BCUT2D eigenvalue weighted by Gasteiger charge is 2.14. The van der Waals surface area contributed by atoms with Crippen molar-refractivity contribution in [3.05, 3.63) is 22.4 Å². The van der Waals surface area contributed by atoms with Gasteiger partial charge in [-0.3, -0.25) is 10.1 Å². The van der Waals surface area contributed by atoms with Crippen molar-refractivity contribution in [1.29, 1.82) is 0 Å². The molecule has 0 atom stereocenters. The quantitative estimate of drug-likeness (QED) is 0.583. The summed E-state index contributed by atoms with van der Waals surface area (Å²) in [7, 11) is 1.46. The number of methoxy groups -OCH3 is 1. The van der Waals surface area contributed by atoms with Crippen LogP contribution < -0.4 is 10.1 Å². The van der Waals surface area contributed by atoms with E-state index in [4.69, 9.17) is 4.74 Å². The lowest BCUT2D eigenvalue weighted by Gasteiger charge is -2.05. The SMILES string of the molecule is CCNc1cc(OC)ncc1[N+](=O)[O-]. The number of aromatic nitrogens is 1. The fraction of sp³-hybridized carbons (Fsp3) is 0.375. The summed E-state index contributed by atoms with van der Waals surface area (Å²) in [5, 5.41) is 13.5. The van der Waals surface area contributed by atoms with Crippen molar-refractivity contribution in [1.82, 2.24) is 4.98 Å². The summed E-state index contributed by atoms with van der Waals surface area (Å²) in [5.74, 6) is 0.353. The molecular weight excluding hydrogens is 186 g/mol. The Bertz CT molecular complexity index is 341. The molecule has 76 valence electrons. The van der Waals surface area contributed by atoms with Crippen LogP contribution in [0.4, 0.5) is 11.4 Å². The summed E-state index contributed by atoms with van der Waals surface area (Å²) in [6.07, 6.45) is 1.18. The molecule has 0 bridgehead atoms. The zero-order valence-electron chi connectivity index (χ0n) is 7.98. The van der Waals surface area contributed by atoms with Gasteiger partial charge in [0, 0.05) is 12.6 Å². The largest absolute Gasteiger partial charge is 0.481 e. The number of hydrogen-bond donors (Lipinski definition) is 1. The van der Waals surface area contributed by atoms with Gasteiger partial charge in [-0.25, -0.2) is 4.98 Å². The Labute approximate surface area is 81.1 Å². The van der Waals surface area contributed by atoms with E-state index in [9.17, 15) is 10.1 Å². The first kappa shape index (κ1) is 10.2. The third kappa shape index (κ3) is 2.09. The lowest BCUT2D eigenvalue weighted by atomic mass is 10.3. The van der Waals surface area contributed by atoms with Crippen LogP contribution in [0.1, 0.15) is 6.92 Å². The molecule has 0 aliphatic rings. The lowest BCUT2D eigenvalue weighted by Crippen LogP contribution is -2.02. The van der Waals surface area contributed by atoms with E-state index >= 15 is 0 Å². The highest BCUT2D eigenvalue weighted by Crippen LogP contribution is 2.26. The maximum atomic E-state index is 10.6. The Hall–Kier alpha value is -1.85. The standard InChI is InChI=1S/C8H11N3O3/c1-3-9-6-4-8(14-2)10-5-7(6)11(12)13/h4-5H,3H2,1-2H3,(H,9,10). The number of nitrogens with one attached hydrogen (secondary N) is 1. The van der Waals surface area contributed by atoms with Gasteiger partial charge in [-0.15, -0.1) is 0 Å². The molecule has 0 saturated heterocycles. The van der Waals surface area contributed by atoms with E-state index < -0.39 is 4.92 Å². The molecule has 6 nitrogen and oxygen atoms in total. The van der Waals surface area contributed by atoms with Crippen LogP contribution in [0, 0.1) is 10.1 Å². The van der Waals surface area contributed by atoms with Gasteiger partial charge in [0.1, 0.15) is 11.9 Å². The van der Waals surface area contributed by atoms with Crippen molar-refractivity contribution in [2.24, 2.45) is 0 Å². The molecule has 0 unspecified atom stereocenters. The van der Waals surface area contributed by atoms with E-state index in [0.717, 1.165) is 0 Å². The van der Waals surface area contributed by atoms with Crippen LogP contribution >= 0.6 is 0 Å². The fourth-order valence-corrected chi connectivity index (χ4v) is 1.02. The zero-order valence-corrected chi connectivity index (χ0v) is 7.98. The summed E-state index contributed by atoms with van der Waals surface area (Å²) >= 11 is 0. The molecule has 0 aliphatic carbocycles. The molecule has 1 rings (SSSR count). The van der Waals surface area contributed by atoms with Crippen molar-refractivity contribution >= 4 is 11.4 Å². The van der Waals surface area contributed by atoms with Crippen LogP contribution in [-0.2, 0) is 0 Å². The van der Waals surface area contributed by atoms with Gasteiger partial charge in [0.2, 0.25) is 5.88 Å². The van der Waals surface area contributed by atoms with Crippen LogP contribution in [0.5, 0.6) is 5.88 Å². The van der Waals surface area contributed by atoms with E-state index in [-0.39, 0.29) is 5.69 Å². The maximum Gasteiger partial charge on any atom is 0.310 e. The maximum absolute atomic E-state index is 10.6. The van der Waals surface area contributed by atoms with E-state index in [1.165, 1.54) is 19.4 Å². The van der Waals surface area contributed by atoms with Crippen LogP contribution in [-0.4, -0.2) is 23.6 Å². The van der Waals surface area contributed by atoms with Crippen molar-refractivity contribution in [2.45, 2.75) is 6.92 Å². The van der Waals surface area contributed by atoms with Gasteiger partial charge in [-0.1, -0.05) is 0 Å². The Kier molecular flexibility index (Phi) is 3.22. The molecule has 0 amide bonds. The van der Waals surface area contributed by atoms with Gasteiger partial charge >= 0.3 is 5.69 Å². The Morgan fingerprint density at radius 3 is 2.93 bits per heavy atom. The number of nitrogens with zero attached hydrogens (tertiary/aromatic N) is 2. The zero-order chi connectivity index (χ0) is 10.6. The van der Waals surface area contributed by atoms with Gasteiger partial charge in [0.05, 0.1) is 12.0 Å². The van der Waals surface area contributed by atoms with E-state index in [0.29, 0.717) is 18.1 Å². The number of hydrogen-bond acceptors (Lipinski definition) is 5. The minimum absolute atomic E-state index is 0.0485. The minimum Gasteiger partial charge on any atom is -0.481 e. The Balaban J connectivity index is 3.10. The summed E-state index contributed by atoms with van der Waals surface area (Å²) in [6, 6.07) is 1.50. The molecule has 1 aromatic rings. The summed E-state index contributed by atoms with van der Waals surface area (Å²) < 4.78 is 4.86. The van der Waals surface area contributed by atoms with Crippen molar-refractivity contribution in [3.8, 4) is 5.88 Å². The first-order valence-electron chi connectivity index (χ1n) is 4.11. The van der Waals surface area contributed by atoms with Crippen LogP contribution in [0.3, 0.4) is 0 Å². The third-order valence-corrected chi connectivity index (χ3v) is 1.63. The van der Waals surface area contributed by atoms with Crippen molar-refractivity contribution in [2.75, 3.05) is 19.0 Å². The lowest BCUT2D eigenvalue weighted by molar-refractivity contribution is -0.384. The Morgan fingerprint density at radius 2 is 2.43 bits per heavy atom. The molecule has 6 heteroatoms. The van der Waals surface area contributed by atoms with E-state index in [1.807, 2.05) is 6.92 Å². The first-order chi connectivity index (χ1) is 6.69. The predicted octanol–water partition coefficient (Wildman–Crippen LogP) is 1.43. The highest BCUT2D eigenvalue weighted by atomic mass is 16.6. The average molecular weight is 197 g/mol. The van der Waals surface area contributed by atoms with E-state index in [1.54, 1.807) is 0 Å². The molecule has 1 aromatic heterocycles. The molecule has 1 heterocycles. The summed E-state index contributed by atoms with van der Waals surface area (Å²) in [4.78, 5) is 13.9. The van der Waals surface area contributed by atoms with Gasteiger partial charge in [0.25, 0.3) is 0 Å². The molecule has 0 radical (unpaired) electrons. The smallest absolute Gasteiger partial charge is 0.310 e. The molecule has 0 aliphatic heterocycles. The molecule has 0 saturated carbocycles. The van der Waals surface area contributed by atoms with Gasteiger partial charge in [0.15, 0.2) is 0 Å². The number of anilines is 1. The molecule has 14 heavy (non-hydrogen) atoms. The van der Waals surface area contributed by atoms with E-state index in [2.05, 4.69) is 10.3 Å². The number of ether oxygens (including phenoxy) is 1. The van der Waals surface area contributed by atoms with Crippen LogP contribution in [0.25, 0.3) is 0 Å². The molecule has 0 spiro atoms. The summed E-state index contributed by atoms with van der Waals surface area (Å²) in [6.45, 7) is 2.46. The molecule has 0 aromatic carbocycles. The fourth-order valence-electron chi connectivity index (χ4n) is 1.02. The van der Waals surface area contributed by atoms with Crippen LogP contribution in [0.15, 0.2) is 12.3 Å². The first-order valence-corrected chi connectivity index (χ1v) is 4.11. The van der Waals surface area contributed by atoms with Crippen molar-refractivity contribution in [3.63, 3.8) is 0 Å². The molecule has 1 N–H and O–H groups in total. The Morgan fingerprint density at radius 1 is 1.71 bits per heavy atom. The van der Waals surface area contributed by atoms with Gasteiger partial charge in [-0.2, -0.15) is 0 Å². The average Bonchev–Trinajstić information content (AvgIpc) is 2.17. The predicted molar refractivity (Wildman–Crippen MR) is 51.6 cm³/mol. The van der Waals surface area contributed by atoms with Gasteiger partial charge in [-0.05, 0) is 6.92 Å². The highest BCUT2D eigenvalue weighted by molar-refractivity contribution is 5.61. The summed E-state index contributed by atoms with van der Waals surface area (Å²) in [5.41, 5.74) is 0.372.